The predicted octanol–water partition coefficient (Wildman–Crippen LogP) is 2.40. The Hall–Kier alpha value is -1.49. The number of fused-ring (bicyclic) bond motifs is 1. The molecule has 0 aliphatic carbocycles. The van der Waals surface area contributed by atoms with Gasteiger partial charge in [-0.25, -0.2) is 0 Å². The number of nitrogens with two attached hydrogens (primary N) is 1. The Morgan fingerprint density at radius 1 is 1.47 bits per heavy atom. The fourth-order valence-electron chi connectivity index (χ4n) is 2.11. The summed E-state index contributed by atoms with van der Waals surface area (Å²) < 4.78 is 8.33. The monoisotopic (exact) mass is 293 g/mol. The van der Waals surface area contributed by atoms with Gasteiger partial charge in [0.2, 0.25) is 0 Å². The van der Waals surface area contributed by atoms with Gasteiger partial charge in [0, 0.05) is 17.7 Å². The summed E-state index contributed by atoms with van der Waals surface area (Å²) in [6.07, 6.45) is 1.90. The van der Waals surface area contributed by atoms with E-state index in [1.807, 2.05) is 29.1 Å². The van der Waals surface area contributed by atoms with Crippen molar-refractivity contribution in [2.75, 3.05) is 12.3 Å². The highest BCUT2D eigenvalue weighted by atomic mass is 79.9. The van der Waals surface area contributed by atoms with Gasteiger partial charge in [0.1, 0.15) is 5.75 Å². The van der Waals surface area contributed by atoms with Crippen molar-refractivity contribution in [3.63, 3.8) is 0 Å². The van der Waals surface area contributed by atoms with Crippen LogP contribution in [0.25, 0.3) is 0 Å². The molecule has 1 atom stereocenters. The molecule has 2 N–H and O–H groups in total. The number of benzene rings is 1. The van der Waals surface area contributed by atoms with Gasteiger partial charge in [-0.2, -0.15) is 5.10 Å². The molecule has 1 aromatic carbocycles. The summed E-state index contributed by atoms with van der Waals surface area (Å²) in [6.45, 7) is 1.49. The van der Waals surface area contributed by atoms with Crippen LogP contribution in [-0.4, -0.2) is 16.4 Å². The molecule has 88 valence electrons. The normalized spacial score (nSPS) is 17.8. The first kappa shape index (κ1) is 10.7. The molecule has 0 spiro atoms. The molecule has 0 amide bonds. The molecular weight excluding hydrogens is 282 g/mol. The van der Waals surface area contributed by atoms with E-state index in [-0.39, 0.29) is 0 Å². The summed E-state index contributed by atoms with van der Waals surface area (Å²) in [5.74, 6) is 1.85. The molecule has 17 heavy (non-hydrogen) atoms. The maximum Gasteiger partial charge on any atom is 0.159 e. The van der Waals surface area contributed by atoms with E-state index in [4.69, 9.17) is 10.5 Å². The molecule has 2 aromatic rings. The van der Waals surface area contributed by atoms with Gasteiger partial charge in [-0.05, 0) is 22.0 Å². The van der Waals surface area contributed by atoms with Crippen LogP contribution >= 0.6 is 15.9 Å². The minimum Gasteiger partial charge on any atom is -0.493 e. The van der Waals surface area contributed by atoms with Crippen molar-refractivity contribution in [3.05, 3.63) is 40.5 Å². The molecule has 0 saturated heterocycles. The van der Waals surface area contributed by atoms with Crippen LogP contribution in [0.5, 0.6) is 5.75 Å². The Morgan fingerprint density at radius 2 is 2.29 bits per heavy atom. The second-order valence-electron chi connectivity index (χ2n) is 4.13. The molecule has 3 rings (SSSR count). The van der Waals surface area contributed by atoms with Gasteiger partial charge in [-0.15, -0.1) is 0 Å². The van der Waals surface area contributed by atoms with Gasteiger partial charge >= 0.3 is 0 Å². The highest BCUT2D eigenvalue weighted by Gasteiger charge is 2.24. The van der Waals surface area contributed by atoms with Crippen LogP contribution in [0, 0.1) is 0 Å². The molecule has 2 heterocycles. The number of para-hydroxylation sites is 1. The number of hydrogen-bond donors (Lipinski definition) is 1. The first-order valence-corrected chi connectivity index (χ1v) is 6.23. The van der Waals surface area contributed by atoms with Crippen LogP contribution < -0.4 is 10.5 Å². The molecule has 1 aliphatic heterocycles. The van der Waals surface area contributed by atoms with E-state index in [0.29, 0.717) is 18.3 Å². The van der Waals surface area contributed by atoms with Gasteiger partial charge in [0.15, 0.2) is 5.82 Å². The summed E-state index contributed by atoms with van der Waals surface area (Å²) in [7, 11) is 0. The topological polar surface area (TPSA) is 53.1 Å². The van der Waals surface area contributed by atoms with Crippen LogP contribution in [0.15, 0.2) is 34.9 Å². The van der Waals surface area contributed by atoms with E-state index in [2.05, 4.69) is 27.1 Å². The maximum absolute atomic E-state index is 5.70. The van der Waals surface area contributed by atoms with Crippen LogP contribution in [0.3, 0.4) is 0 Å². The smallest absolute Gasteiger partial charge is 0.159 e. The Labute approximate surface area is 108 Å². The molecule has 0 radical (unpaired) electrons. The lowest BCUT2D eigenvalue weighted by Gasteiger charge is -2.08. The molecule has 4 nitrogen and oxygen atoms in total. The SMILES string of the molecule is Nc1nn(CC2COc3ccccc32)cc1Br. The number of hydrogen-bond acceptors (Lipinski definition) is 3. The van der Waals surface area contributed by atoms with Crippen molar-refractivity contribution in [3.8, 4) is 5.75 Å². The lowest BCUT2D eigenvalue weighted by molar-refractivity contribution is 0.315. The van der Waals surface area contributed by atoms with Crippen molar-refractivity contribution in [2.45, 2.75) is 12.5 Å². The molecule has 1 aromatic heterocycles. The van der Waals surface area contributed by atoms with Crippen LogP contribution in [0.1, 0.15) is 11.5 Å². The van der Waals surface area contributed by atoms with Crippen molar-refractivity contribution in [1.82, 2.24) is 9.78 Å². The Balaban J connectivity index is 1.84. The first-order valence-electron chi connectivity index (χ1n) is 5.44. The molecule has 0 fully saturated rings. The Morgan fingerprint density at radius 3 is 3.06 bits per heavy atom. The second-order valence-corrected chi connectivity index (χ2v) is 4.98. The number of nitrogen functional groups attached to an aromatic ring is 1. The fourth-order valence-corrected chi connectivity index (χ4v) is 2.43. The van der Waals surface area contributed by atoms with Crippen LogP contribution in [0.2, 0.25) is 0 Å². The predicted molar refractivity (Wildman–Crippen MR) is 69.0 cm³/mol. The van der Waals surface area contributed by atoms with Crippen LogP contribution in [0.4, 0.5) is 5.82 Å². The fraction of sp³-hybridized carbons (Fsp3) is 0.250. The number of anilines is 1. The number of nitrogens with zero attached hydrogens (tertiary/aromatic N) is 2. The van der Waals surface area contributed by atoms with Gasteiger partial charge < -0.3 is 10.5 Å². The van der Waals surface area contributed by atoms with E-state index in [1.54, 1.807) is 0 Å². The summed E-state index contributed by atoms with van der Waals surface area (Å²) >= 11 is 3.36. The molecular formula is C12H12BrN3O. The third-order valence-electron chi connectivity index (χ3n) is 2.95. The summed E-state index contributed by atoms with van der Waals surface area (Å²) in [5, 5.41) is 4.24. The zero-order valence-electron chi connectivity index (χ0n) is 9.14. The van der Waals surface area contributed by atoms with E-state index < -0.39 is 0 Å². The van der Waals surface area contributed by atoms with Crippen molar-refractivity contribution in [2.24, 2.45) is 0 Å². The highest BCUT2D eigenvalue weighted by molar-refractivity contribution is 9.10. The lowest BCUT2D eigenvalue weighted by Crippen LogP contribution is -2.11. The average molecular weight is 294 g/mol. The number of rotatable bonds is 2. The second kappa shape index (κ2) is 4.07. The van der Waals surface area contributed by atoms with Crippen LogP contribution in [-0.2, 0) is 6.54 Å². The standard InChI is InChI=1S/C12H12BrN3O/c13-10-6-16(15-12(10)14)5-8-7-17-11-4-2-1-3-9(8)11/h1-4,6,8H,5,7H2,(H2,14,15). The quantitative estimate of drug-likeness (QED) is 0.925. The molecule has 5 heteroatoms. The zero-order valence-corrected chi connectivity index (χ0v) is 10.7. The van der Waals surface area contributed by atoms with Crippen molar-refractivity contribution < 1.29 is 4.74 Å². The van der Waals surface area contributed by atoms with Gasteiger partial charge in [-0.1, -0.05) is 18.2 Å². The molecule has 0 saturated carbocycles. The van der Waals surface area contributed by atoms with E-state index >= 15 is 0 Å². The Kier molecular flexibility index (Phi) is 2.55. The van der Waals surface area contributed by atoms with Crippen molar-refractivity contribution in [1.29, 1.82) is 0 Å². The Bertz CT molecular complexity index is 533. The molecule has 0 bridgehead atoms. The maximum atomic E-state index is 5.70. The summed E-state index contributed by atoms with van der Waals surface area (Å²) in [6, 6.07) is 8.13. The molecule has 1 unspecified atom stereocenters. The average Bonchev–Trinajstić information content (AvgIpc) is 2.85. The number of ether oxygens (including phenoxy) is 1. The van der Waals surface area contributed by atoms with E-state index in [9.17, 15) is 0 Å². The summed E-state index contributed by atoms with van der Waals surface area (Å²) in [5.41, 5.74) is 6.95. The van der Waals surface area contributed by atoms with E-state index in [0.717, 1.165) is 16.8 Å². The lowest BCUT2D eigenvalue weighted by atomic mass is 10.0. The zero-order chi connectivity index (χ0) is 11.8. The van der Waals surface area contributed by atoms with E-state index in [1.165, 1.54) is 5.56 Å². The van der Waals surface area contributed by atoms with Crippen molar-refractivity contribution >= 4 is 21.7 Å². The third kappa shape index (κ3) is 1.91. The van der Waals surface area contributed by atoms with Gasteiger partial charge in [0.05, 0.1) is 17.6 Å². The minimum atomic E-state index is 0.345. The third-order valence-corrected chi connectivity index (χ3v) is 3.56. The first-order chi connectivity index (χ1) is 8.24. The summed E-state index contributed by atoms with van der Waals surface area (Å²) in [4.78, 5) is 0. The largest absolute Gasteiger partial charge is 0.493 e. The van der Waals surface area contributed by atoms with Gasteiger partial charge in [0.25, 0.3) is 0 Å². The number of halogens is 1. The highest BCUT2D eigenvalue weighted by Crippen LogP contribution is 2.34. The van der Waals surface area contributed by atoms with Gasteiger partial charge in [-0.3, -0.25) is 4.68 Å². The molecule has 1 aliphatic rings. The minimum absolute atomic E-state index is 0.345. The number of aromatic nitrogens is 2.